The third-order valence-electron chi connectivity index (χ3n) is 2.85. The third-order valence-corrected chi connectivity index (χ3v) is 2.85. The van der Waals surface area contributed by atoms with Gasteiger partial charge in [0.05, 0.1) is 12.5 Å². The van der Waals surface area contributed by atoms with E-state index in [4.69, 9.17) is 15.9 Å². The highest BCUT2D eigenvalue weighted by Gasteiger charge is 2.27. The van der Waals surface area contributed by atoms with Gasteiger partial charge < -0.3 is 21.3 Å². The maximum Gasteiger partial charge on any atom is 0.326 e. The average Bonchev–Trinajstić information content (AvgIpc) is 2.51. The van der Waals surface area contributed by atoms with Gasteiger partial charge in [0.1, 0.15) is 6.04 Å². The fourth-order valence-electron chi connectivity index (χ4n) is 1.19. The largest absolute Gasteiger partial charge is 0.481 e. The molecule has 134 valence electrons. The van der Waals surface area contributed by atoms with Gasteiger partial charge in [-0.3, -0.25) is 14.4 Å². The van der Waals surface area contributed by atoms with E-state index in [1.807, 2.05) is 6.92 Å². The summed E-state index contributed by atoms with van der Waals surface area (Å²) in [7, 11) is 0. The number of rotatable bonds is 9. The van der Waals surface area contributed by atoms with Gasteiger partial charge >= 0.3 is 11.9 Å². The molecule has 0 fully saturated rings. The van der Waals surface area contributed by atoms with Crippen molar-refractivity contribution in [2.24, 2.45) is 11.7 Å². The summed E-state index contributed by atoms with van der Waals surface area (Å²) >= 11 is 0. The number of carboxylic acid groups (broad SMARTS) is 2. The van der Waals surface area contributed by atoms with Crippen molar-refractivity contribution < 1.29 is 38.2 Å². The van der Waals surface area contributed by atoms with Crippen LogP contribution in [-0.4, -0.2) is 59.3 Å². The molecule has 3 atom stereocenters. The van der Waals surface area contributed by atoms with Gasteiger partial charge in [-0.15, -0.1) is 0 Å². The number of alkyl halides is 2. The zero-order valence-electron chi connectivity index (χ0n) is 12.9. The molecule has 10 heteroatoms. The van der Waals surface area contributed by atoms with Crippen molar-refractivity contribution in [3.05, 3.63) is 0 Å². The molecule has 5 N–H and O–H groups in total. The van der Waals surface area contributed by atoms with Crippen LogP contribution >= 0.6 is 0 Å². The van der Waals surface area contributed by atoms with Gasteiger partial charge in [0.15, 0.2) is 19.1 Å². The third kappa shape index (κ3) is 11.2. The number of carbonyl (C=O) groups is 4. The van der Waals surface area contributed by atoms with Gasteiger partial charge in [0, 0.05) is 0 Å². The molecule has 0 aromatic rings. The van der Waals surface area contributed by atoms with Crippen LogP contribution in [0.1, 0.15) is 26.7 Å². The molecule has 0 spiro atoms. The minimum absolute atomic E-state index is 0.103. The molecule has 8 nitrogen and oxygen atoms in total. The van der Waals surface area contributed by atoms with Gasteiger partial charge in [-0.05, 0) is 5.92 Å². The van der Waals surface area contributed by atoms with Crippen LogP contribution in [0.2, 0.25) is 0 Å². The van der Waals surface area contributed by atoms with Crippen LogP contribution in [0.25, 0.3) is 0 Å². The lowest BCUT2D eigenvalue weighted by molar-refractivity contribution is -0.147. The fraction of sp³-hybridized carbons (Fsp3) is 0.692. The lowest BCUT2D eigenvalue weighted by Crippen LogP contribution is -2.51. The second-order valence-electron chi connectivity index (χ2n) is 4.71. The summed E-state index contributed by atoms with van der Waals surface area (Å²) in [5.41, 5.74) is 5.60. The molecule has 0 heterocycles. The predicted octanol–water partition coefficient (Wildman–Crippen LogP) is -0.102. The fourth-order valence-corrected chi connectivity index (χ4v) is 1.19. The number of nitrogens with one attached hydrogen (secondary N) is 1. The molecule has 0 saturated heterocycles. The van der Waals surface area contributed by atoms with Crippen LogP contribution in [0.4, 0.5) is 8.78 Å². The normalized spacial score (nSPS) is 13.8. The molecule has 0 aromatic heterocycles. The Morgan fingerprint density at radius 3 is 1.87 bits per heavy atom. The highest BCUT2D eigenvalue weighted by molar-refractivity contribution is 5.89. The summed E-state index contributed by atoms with van der Waals surface area (Å²) in [6, 6.07) is -2.29. The monoisotopic (exact) mass is 340 g/mol. The van der Waals surface area contributed by atoms with E-state index in [9.17, 15) is 28.0 Å². The minimum atomic E-state index is -1.45. The van der Waals surface area contributed by atoms with Crippen molar-refractivity contribution in [2.75, 3.05) is 13.3 Å². The van der Waals surface area contributed by atoms with Gasteiger partial charge in [0.25, 0.3) is 0 Å². The van der Waals surface area contributed by atoms with Crippen LogP contribution < -0.4 is 11.1 Å². The van der Waals surface area contributed by atoms with Crippen LogP contribution in [0, 0.1) is 5.92 Å². The molecular weight excluding hydrogens is 318 g/mol. The average molecular weight is 340 g/mol. The van der Waals surface area contributed by atoms with Crippen molar-refractivity contribution in [3.8, 4) is 0 Å². The first kappa shape index (κ1) is 23.2. The molecule has 0 saturated carbocycles. The Morgan fingerprint density at radius 1 is 1.13 bits per heavy atom. The Morgan fingerprint density at radius 2 is 1.61 bits per heavy atom. The van der Waals surface area contributed by atoms with E-state index >= 15 is 0 Å². The lowest BCUT2D eigenvalue weighted by atomic mass is 9.99. The lowest BCUT2D eigenvalue weighted by Gasteiger charge is -2.20. The van der Waals surface area contributed by atoms with E-state index < -0.39 is 55.5 Å². The Bertz CT molecular complexity index is 413. The topological polar surface area (TPSA) is 147 Å². The molecule has 0 aliphatic rings. The van der Waals surface area contributed by atoms with Crippen molar-refractivity contribution in [3.63, 3.8) is 0 Å². The van der Waals surface area contributed by atoms with Crippen LogP contribution in [-0.2, 0) is 19.2 Å². The molecule has 23 heavy (non-hydrogen) atoms. The van der Waals surface area contributed by atoms with E-state index in [0.29, 0.717) is 6.42 Å². The first-order chi connectivity index (χ1) is 10.6. The number of Topliss-reactive ketones (excluding diaryl/α,β-unsaturated/α-hetero) is 1. The van der Waals surface area contributed by atoms with Gasteiger partial charge in [-0.25, -0.2) is 13.6 Å². The van der Waals surface area contributed by atoms with Gasteiger partial charge in [0.2, 0.25) is 5.91 Å². The maximum atomic E-state index is 11.5. The van der Waals surface area contributed by atoms with Crippen molar-refractivity contribution >= 4 is 23.6 Å². The number of hydrogen-bond donors (Lipinski definition) is 4. The summed E-state index contributed by atoms with van der Waals surface area (Å²) in [6.45, 7) is 1.24. The van der Waals surface area contributed by atoms with Gasteiger partial charge in [-0.2, -0.15) is 0 Å². The molecule has 0 radical (unpaired) electrons. The molecule has 0 bridgehead atoms. The summed E-state index contributed by atoms with van der Waals surface area (Å²) in [4.78, 5) is 42.1. The summed E-state index contributed by atoms with van der Waals surface area (Å²) in [5, 5.41) is 19.3. The molecule has 1 amide bonds. The second kappa shape index (κ2) is 12.4. The van der Waals surface area contributed by atoms with E-state index in [1.54, 1.807) is 6.92 Å². The Kier molecular flexibility index (Phi) is 12.5. The first-order valence-electron chi connectivity index (χ1n) is 6.74. The number of ketones is 1. The van der Waals surface area contributed by atoms with Gasteiger partial charge in [-0.1, -0.05) is 20.3 Å². The summed E-state index contributed by atoms with van der Waals surface area (Å²) in [5.74, 6) is -4.43. The Hall–Kier alpha value is -2.10. The van der Waals surface area contributed by atoms with Crippen molar-refractivity contribution in [2.45, 2.75) is 38.8 Å². The standard InChI is InChI=1S/C10H18N2O5.C3H4F2O/c1-3-5(2)8(11)9(15)12-6(10(16)17)4-7(13)14;4-1-3(6)2-5/h5-6,8H,3-4,11H2,1-2H3,(H,12,15)(H,13,14)(H,16,17);1-2H2/t5-,6-,8-;/m0./s1. The quantitative estimate of drug-likeness (QED) is 0.458. The van der Waals surface area contributed by atoms with Crippen LogP contribution in [0.15, 0.2) is 0 Å². The summed E-state index contributed by atoms with van der Waals surface area (Å²) < 4.78 is 21.6. The predicted molar refractivity (Wildman–Crippen MR) is 76.2 cm³/mol. The number of aliphatic carboxylic acids is 2. The Balaban J connectivity index is 0. The zero-order chi connectivity index (χ0) is 18.6. The number of amides is 1. The highest BCUT2D eigenvalue weighted by atomic mass is 19.1. The SMILES string of the molecule is CC[C@H](C)[C@H](N)C(=O)N[C@@H](CC(=O)O)C(=O)O.O=C(CF)CF. The number of hydrogen-bond acceptors (Lipinski definition) is 5. The van der Waals surface area contributed by atoms with E-state index in [0.717, 1.165) is 0 Å². The number of nitrogens with two attached hydrogens (primary N) is 1. The minimum Gasteiger partial charge on any atom is -0.481 e. The smallest absolute Gasteiger partial charge is 0.326 e. The number of carbonyl (C=O) groups excluding carboxylic acids is 2. The molecular formula is C13H22F2N2O6. The molecule has 0 aromatic carbocycles. The first-order valence-corrected chi connectivity index (χ1v) is 6.74. The number of carboxylic acids is 2. The highest BCUT2D eigenvalue weighted by Crippen LogP contribution is 2.06. The van der Waals surface area contributed by atoms with E-state index in [2.05, 4.69) is 5.32 Å². The van der Waals surface area contributed by atoms with Crippen molar-refractivity contribution in [1.29, 1.82) is 0 Å². The maximum absolute atomic E-state index is 11.5. The molecule has 0 unspecified atom stereocenters. The second-order valence-corrected chi connectivity index (χ2v) is 4.71. The molecule has 0 rings (SSSR count). The summed E-state index contributed by atoms with van der Waals surface area (Å²) in [6.07, 6.45) is -0.000442. The van der Waals surface area contributed by atoms with Crippen LogP contribution in [0.3, 0.4) is 0 Å². The Labute approximate surface area is 132 Å². The van der Waals surface area contributed by atoms with E-state index in [-0.39, 0.29) is 5.92 Å². The van der Waals surface area contributed by atoms with Crippen LogP contribution in [0.5, 0.6) is 0 Å². The zero-order valence-corrected chi connectivity index (χ0v) is 12.9. The molecule has 0 aliphatic carbocycles. The van der Waals surface area contributed by atoms with E-state index in [1.165, 1.54) is 0 Å². The molecule has 0 aliphatic heterocycles. The van der Waals surface area contributed by atoms with Crippen molar-refractivity contribution in [1.82, 2.24) is 5.32 Å². The number of halogens is 2.